The van der Waals surface area contributed by atoms with E-state index in [1.54, 1.807) is 32.2 Å². The van der Waals surface area contributed by atoms with Gasteiger partial charge in [0.1, 0.15) is 5.75 Å². The van der Waals surface area contributed by atoms with E-state index >= 15 is 0 Å². The van der Waals surface area contributed by atoms with E-state index in [1.165, 1.54) is 18.9 Å². The van der Waals surface area contributed by atoms with Crippen LogP contribution in [0.3, 0.4) is 0 Å². The smallest absolute Gasteiger partial charge is 0.308 e. The second kappa shape index (κ2) is 12.7. The molecule has 7 nitrogen and oxygen atoms in total. The van der Waals surface area contributed by atoms with E-state index in [4.69, 9.17) is 9.47 Å². The number of amides is 2. The van der Waals surface area contributed by atoms with Crippen LogP contribution in [-0.4, -0.2) is 43.6 Å². The summed E-state index contributed by atoms with van der Waals surface area (Å²) in [4.78, 5) is 36.0. The second-order valence-electron chi connectivity index (χ2n) is 7.48. The predicted molar refractivity (Wildman–Crippen MR) is 115 cm³/mol. The van der Waals surface area contributed by atoms with Crippen LogP contribution in [0.5, 0.6) is 5.75 Å². The molecule has 0 unspecified atom stereocenters. The third-order valence-electron chi connectivity index (χ3n) is 5.05. The van der Waals surface area contributed by atoms with Crippen LogP contribution in [0.25, 0.3) is 6.08 Å². The Morgan fingerprint density at radius 2 is 1.77 bits per heavy atom. The molecule has 1 aliphatic carbocycles. The summed E-state index contributed by atoms with van der Waals surface area (Å²) in [6.07, 6.45) is 8.83. The maximum absolute atomic E-state index is 12.2. The molecule has 2 N–H and O–H groups in total. The highest BCUT2D eigenvalue weighted by Crippen LogP contribution is 2.17. The number of ether oxygens (including phenoxy) is 2. The number of rotatable bonds is 9. The molecule has 0 spiro atoms. The number of hydrogen-bond donors (Lipinski definition) is 2. The Morgan fingerprint density at radius 3 is 2.40 bits per heavy atom. The first-order chi connectivity index (χ1) is 14.5. The zero-order valence-electron chi connectivity index (χ0n) is 17.8. The summed E-state index contributed by atoms with van der Waals surface area (Å²) in [6, 6.07) is 7.45. The fraction of sp³-hybridized carbons (Fsp3) is 0.522. The van der Waals surface area contributed by atoms with E-state index < -0.39 is 12.1 Å². The molecule has 1 saturated carbocycles. The minimum atomic E-state index is -0.841. The van der Waals surface area contributed by atoms with Gasteiger partial charge in [-0.2, -0.15) is 0 Å². The van der Waals surface area contributed by atoms with Gasteiger partial charge in [-0.15, -0.1) is 0 Å². The van der Waals surface area contributed by atoms with Gasteiger partial charge in [0.05, 0.1) is 13.5 Å². The van der Waals surface area contributed by atoms with E-state index in [1.807, 2.05) is 12.1 Å². The minimum Gasteiger partial charge on any atom is -0.497 e. The molecule has 0 bridgehead atoms. The Labute approximate surface area is 178 Å². The van der Waals surface area contributed by atoms with Crippen LogP contribution in [-0.2, 0) is 19.1 Å². The van der Waals surface area contributed by atoms with Gasteiger partial charge in [0.2, 0.25) is 5.91 Å². The Kier molecular flexibility index (Phi) is 9.91. The zero-order valence-corrected chi connectivity index (χ0v) is 17.8. The lowest BCUT2D eigenvalue weighted by atomic mass is 10.1. The molecule has 0 aromatic heterocycles. The van der Waals surface area contributed by atoms with Gasteiger partial charge in [-0.3, -0.25) is 14.4 Å². The number of carbonyl (C=O) groups excluding carboxylic acids is 3. The van der Waals surface area contributed by atoms with Crippen LogP contribution in [0.2, 0.25) is 0 Å². The lowest BCUT2D eigenvalue weighted by Crippen LogP contribution is -2.42. The summed E-state index contributed by atoms with van der Waals surface area (Å²) < 4.78 is 10.3. The van der Waals surface area contributed by atoms with Crippen molar-refractivity contribution in [1.82, 2.24) is 10.6 Å². The lowest BCUT2D eigenvalue weighted by Gasteiger charge is -2.19. The van der Waals surface area contributed by atoms with Crippen molar-refractivity contribution < 1.29 is 23.9 Å². The Hall–Kier alpha value is -2.83. The highest BCUT2D eigenvalue weighted by molar-refractivity contribution is 5.92. The third-order valence-corrected chi connectivity index (χ3v) is 5.05. The number of esters is 1. The van der Waals surface area contributed by atoms with Crippen molar-refractivity contribution in [3.05, 3.63) is 35.9 Å². The van der Waals surface area contributed by atoms with Crippen LogP contribution in [0.15, 0.2) is 30.3 Å². The van der Waals surface area contributed by atoms with Crippen LogP contribution >= 0.6 is 0 Å². The van der Waals surface area contributed by atoms with Crippen molar-refractivity contribution in [3.8, 4) is 5.75 Å². The predicted octanol–water partition coefficient (Wildman–Crippen LogP) is 2.99. The summed E-state index contributed by atoms with van der Waals surface area (Å²) in [5, 5.41) is 5.60. The number of hydrogen-bond acceptors (Lipinski definition) is 5. The second-order valence-corrected chi connectivity index (χ2v) is 7.48. The first-order valence-electron chi connectivity index (χ1n) is 10.6. The maximum Gasteiger partial charge on any atom is 0.308 e. The average molecular weight is 417 g/mol. The molecular weight excluding hydrogens is 384 g/mol. The molecule has 2 rings (SSSR count). The summed E-state index contributed by atoms with van der Waals surface area (Å²) in [6.45, 7) is 1.71. The molecule has 1 fully saturated rings. The van der Waals surface area contributed by atoms with Crippen molar-refractivity contribution >= 4 is 23.9 Å². The van der Waals surface area contributed by atoms with Crippen molar-refractivity contribution in [2.24, 2.45) is 0 Å². The fourth-order valence-corrected chi connectivity index (χ4v) is 3.29. The van der Waals surface area contributed by atoms with Gasteiger partial charge in [-0.25, -0.2) is 0 Å². The van der Waals surface area contributed by atoms with Gasteiger partial charge in [-0.1, -0.05) is 37.8 Å². The molecule has 30 heavy (non-hydrogen) atoms. The van der Waals surface area contributed by atoms with Crippen LogP contribution < -0.4 is 15.4 Å². The van der Waals surface area contributed by atoms with E-state index in [-0.39, 0.29) is 30.8 Å². The number of benzene rings is 1. The number of methoxy groups -OCH3 is 1. The molecule has 7 heteroatoms. The van der Waals surface area contributed by atoms with E-state index in [9.17, 15) is 14.4 Å². The Bertz CT molecular complexity index is 722. The largest absolute Gasteiger partial charge is 0.497 e. The molecule has 1 aliphatic rings. The van der Waals surface area contributed by atoms with Crippen LogP contribution in [0.1, 0.15) is 57.4 Å². The van der Waals surface area contributed by atoms with Gasteiger partial charge in [-0.05, 0) is 43.5 Å². The van der Waals surface area contributed by atoms with E-state index in [2.05, 4.69) is 10.6 Å². The fourth-order valence-electron chi connectivity index (χ4n) is 3.29. The maximum atomic E-state index is 12.2. The zero-order chi connectivity index (χ0) is 21.8. The average Bonchev–Trinajstić information content (AvgIpc) is 3.01. The normalized spacial score (nSPS) is 15.8. The van der Waals surface area contributed by atoms with Crippen molar-refractivity contribution in [2.45, 2.75) is 64.0 Å². The molecule has 0 saturated heterocycles. The highest BCUT2D eigenvalue weighted by Gasteiger charge is 2.21. The first kappa shape index (κ1) is 23.4. The summed E-state index contributed by atoms with van der Waals surface area (Å²) >= 11 is 0. The van der Waals surface area contributed by atoms with Crippen molar-refractivity contribution in [2.75, 3.05) is 13.7 Å². The standard InChI is InChI=1S/C23H32N2O5/c1-17(23(28)25-19-7-5-3-4-6-8-19)30-22(27)15-16-24-21(26)14-11-18-9-12-20(29-2)13-10-18/h9-14,17,19H,3-8,15-16H2,1-2H3,(H,24,26)(H,25,28)/b14-11+/t17-/m0/s1. The van der Waals surface area contributed by atoms with Crippen LogP contribution in [0, 0.1) is 0 Å². The van der Waals surface area contributed by atoms with Gasteiger partial charge in [0, 0.05) is 18.7 Å². The minimum absolute atomic E-state index is 0.00314. The van der Waals surface area contributed by atoms with Gasteiger partial charge in [0.25, 0.3) is 5.91 Å². The number of nitrogens with one attached hydrogen (secondary N) is 2. The quantitative estimate of drug-likeness (QED) is 0.367. The summed E-state index contributed by atoms with van der Waals surface area (Å²) in [5.74, 6) is -0.343. The summed E-state index contributed by atoms with van der Waals surface area (Å²) in [5.41, 5.74) is 0.860. The van der Waals surface area contributed by atoms with E-state index in [0.717, 1.165) is 37.0 Å². The number of carbonyl (C=O) groups is 3. The molecule has 164 valence electrons. The molecule has 0 aliphatic heterocycles. The molecule has 1 aromatic carbocycles. The SMILES string of the molecule is COc1ccc(/C=C/C(=O)NCCC(=O)O[C@@H](C)C(=O)NC2CCCCCC2)cc1. The van der Waals surface area contributed by atoms with Gasteiger partial charge < -0.3 is 20.1 Å². The molecule has 0 heterocycles. The molecule has 2 amide bonds. The monoisotopic (exact) mass is 416 g/mol. The topological polar surface area (TPSA) is 93.7 Å². The van der Waals surface area contributed by atoms with E-state index in [0.29, 0.717) is 0 Å². The first-order valence-corrected chi connectivity index (χ1v) is 10.6. The summed E-state index contributed by atoms with van der Waals surface area (Å²) in [7, 11) is 1.59. The lowest BCUT2D eigenvalue weighted by molar-refractivity contribution is -0.155. The molecule has 0 radical (unpaired) electrons. The van der Waals surface area contributed by atoms with Crippen molar-refractivity contribution in [3.63, 3.8) is 0 Å². The van der Waals surface area contributed by atoms with Crippen molar-refractivity contribution in [1.29, 1.82) is 0 Å². The molecule has 1 atom stereocenters. The van der Waals surface area contributed by atoms with Gasteiger partial charge >= 0.3 is 5.97 Å². The third kappa shape index (κ3) is 8.68. The Morgan fingerprint density at radius 1 is 1.10 bits per heavy atom. The highest BCUT2D eigenvalue weighted by atomic mass is 16.5. The Balaban J connectivity index is 1.64. The molecule has 1 aromatic rings. The van der Waals surface area contributed by atoms with Crippen LogP contribution in [0.4, 0.5) is 0 Å². The van der Waals surface area contributed by atoms with Gasteiger partial charge in [0.15, 0.2) is 6.10 Å². The molecular formula is C23H32N2O5.